The van der Waals surface area contributed by atoms with Crippen molar-refractivity contribution in [2.75, 3.05) is 51.9 Å². The van der Waals surface area contributed by atoms with Gasteiger partial charge < -0.3 is 10.2 Å². The van der Waals surface area contributed by atoms with Gasteiger partial charge in [0, 0.05) is 31.6 Å². The molecule has 2 aromatic rings. The van der Waals surface area contributed by atoms with Gasteiger partial charge in [-0.15, -0.1) is 0 Å². The Morgan fingerprint density at radius 1 is 0.963 bits per heavy atom. The molecule has 0 saturated carbocycles. The maximum atomic E-state index is 4.68. The first kappa shape index (κ1) is 18.1. The van der Waals surface area contributed by atoms with E-state index in [2.05, 4.69) is 73.5 Å². The minimum Gasteiger partial charge on any atom is -0.342 e. The van der Waals surface area contributed by atoms with E-state index in [0.717, 1.165) is 55.4 Å². The SMILES string of the molecule is Cc1cc2nc(NC3=NCN(N4CCN(C)CC4)CN3)nc(C)c2cc1C. The van der Waals surface area contributed by atoms with E-state index >= 15 is 0 Å². The van der Waals surface area contributed by atoms with E-state index in [4.69, 9.17) is 0 Å². The van der Waals surface area contributed by atoms with Gasteiger partial charge in [0.1, 0.15) is 6.67 Å². The highest BCUT2D eigenvalue weighted by molar-refractivity contribution is 5.93. The summed E-state index contributed by atoms with van der Waals surface area (Å²) in [6.07, 6.45) is 0. The lowest BCUT2D eigenvalue weighted by atomic mass is 10.1. The average Bonchev–Trinajstić information content (AvgIpc) is 2.65. The number of likely N-dealkylation sites (N-methyl/N-ethyl adjacent to an activating group) is 1. The Labute approximate surface area is 160 Å². The van der Waals surface area contributed by atoms with Crippen LogP contribution in [0.3, 0.4) is 0 Å². The van der Waals surface area contributed by atoms with Crippen LogP contribution in [0.1, 0.15) is 16.8 Å². The first-order valence-electron chi connectivity index (χ1n) is 9.49. The predicted molar refractivity (Wildman–Crippen MR) is 109 cm³/mol. The zero-order chi connectivity index (χ0) is 19.0. The number of fused-ring (bicyclic) bond motifs is 1. The van der Waals surface area contributed by atoms with Gasteiger partial charge in [-0.3, -0.25) is 5.32 Å². The van der Waals surface area contributed by atoms with E-state index in [9.17, 15) is 0 Å². The second-order valence-electron chi connectivity index (χ2n) is 7.46. The third-order valence-corrected chi connectivity index (χ3v) is 5.43. The molecule has 0 amide bonds. The summed E-state index contributed by atoms with van der Waals surface area (Å²) in [5.74, 6) is 1.31. The molecule has 2 aliphatic rings. The van der Waals surface area contributed by atoms with Crippen molar-refractivity contribution >= 4 is 22.8 Å². The molecule has 0 aliphatic carbocycles. The van der Waals surface area contributed by atoms with Crippen LogP contribution in [-0.4, -0.2) is 77.4 Å². The van der Waals surface area contributed by atoms with Crippen molar-refractivity contribution < 1.29 is 0 Å². The summed E-state index contributed by atoms with van der Waals surface area (Å²) in [6.45, 7) is 11.9. The van der Waals surface area contributed by atoms with Gasteiger partial charge in [-0.05, 0) is 51.1 Å². The maximum Gasteiger partial charge on any atom is 0.230 e. The van der Waals surface area contributed by atoms with E-state index < -0.39 is 0 Å². The van der Waals surface area contributed by atoms with Crippen LogP contribution in [0.15, 0.2) is 17.1 Å². The normalized spacial score (nSPS) is 19.8. The van der Waals surface area contributed by atoms with Gasteiger partial charge in [0.15, 0.2) is 0 Å². The highest BCUT2D eigenvalue weighted by Crippen LogP contribution is 2.21. The second-order valence-corrected chi connectivity index (χ2v) is 7.46. The Morgan fingerprint density at radius 2 is 1.70 bits per heavy atom. The van der Waals surface area contributed by atoms with Gasteiger partial charge >= 0.3 is 0 Å². The molecule has 27 heavy (non-hydrogen) atoms. The van der Waals surface area contributed by atoms with Gasteiger partial charge in [0.2, 0.25) is 11.9 Å². The number of nitrogens with zero attached hydrogens (tertiary/aromatic N) is 6. The van der Waals surface area contributed by atoms with Crippen LogP contribution >= 0.6 is 0 Å². The molecule has 1 aromatic heterocycles. The molecule has 0 atom stereocenters. The molecule has 2 aliphatic heterocycles. The average molecular weight is 368 g/mol. The Kier molecular flexibility index (Phi) is 4.94. The number of nitrogens with one attached hydrogen (secondary N) is 2. The summed E-state index contributed by atoms with van der Waals surface area (Å²) in [7, 11) is 2.17. The number of aryl methyl sites for hydroxylation is 3. The van der Waals surface area contributed by atoms with Gasteiger partial charge in [-0.25, -0.2) is 25.0 Å². The largest absolute Gasteiger partial charge is 0.342 e. The standard InChI is InChI=1S/C19H28N8/c1-13-9-16-15(3)22-19(23-17(16)10-14(13)2)24-18-20-11-27(12-21-18)26-7-5-25(4)6-8-26/h9-10H,5-8,11-12H2,1-4H3,(H2,20,21,22,23,24). The molecule has 144 valence electrons. The van der Waals surface area contributed by atoms with Gasteiger partial charge in [0.25, 0.3) is 0 Å². The number of rotatable bonds is 2. The molecule has 0 radical (unpaired) electrons. The van der Waals surface area contributed by atoms with Crippen LogP contribution in [0.2, 0.25) is 0 Å². The van der Waals surface area contributed by atoms with E-state index in [1.54, 1.807) is 0 Å². The van der Waals surface area contributed by atoms with Crippen molar-refractivity contribution in [3.05, 3.63) is 29.0 Å². The molecule has 3 heterocycles. The number of hydrogen-bond acceptors (Lipinski definition) is 8. The number of benzene rings is 1. The molecule has 8 heteroatoms. The number of aliphatic imine (C=N–C) groups is 1. The molecule has 0 spiro atoms. The first-order valence-corrected chi connectivity index (χ1v) is 9.49. The predicted octanol–water partition coefficient (Wildman–Crippen LogP) is 1.31. The number of aromatic nitrogens is 2. The van der Waals surface area contributed by atoms with Crippen LogP contribution < -0.4 is 10.6 Å². The number of anilines is 1. The summed E-state index contributed by atoms with van der Waals surface area (Å²) >= 11 is 0. The summed E-state index contributed by atoms with van der Waals surface area (Å²) in [6, 6.07) is 4.28. The number of piperazine rings is 1. The molecule has 1 aromatic carbocycles. The Bertz CT molecular complexity index is 870. The van der Waals surface area contributed by atoms with Crippen LogP contribution in [0.5, 0.6) is 0 Å². The Balaban J connectivity index is 1.46. The van der Waals surface area contributed by atoms with Crippen molar-refractivity contribution in [2.24, 2.45) is 4.99 Å². The van der Waals surface area contributed by atoms with E-state index in [0.29, 0.717) is 12.6 Å². The molecule has 1 saturated heterocycles. The summed E-state index contributed by atoms with van der Waals surface area (Å²) in [5.41, 5.74) is 4.43. The monoisotopic (exact) mass is 368 g/mol. The van der Waals surface area contributed by atoms with Crippen LogP contribution in [0, 0.1) is 20.8 Å². The first-order chi connectivity index (χ1) is 13.0. The second kappa shape index (κ2) is 7.38. The minimum absolute atomic E-state index is 0.586. The summed E-state index contributed by atoms with van der Waals surface area (Å²) in [4.78, 5) is 16.3. The van der Waals surface area contributed by atoms with Crippen LogP contribution in [0.25, 0.3) is 10.9 Å². The van der Waals surface area contributed by atoms with Crippen molar-refractivity contribution in [2.45, 2.75) is 20.8 Å². The smallest absolute Gasteiger partial charge is 0.230 e. The molecule has 0 bridgehead atoms. The fraction of sp³-hybridized carbons (Fsp3) is 0.526. The third kappa shape index (κ3) is 3.87. The Morgan fingerprint density at radius 3 is 2.41 bits per heavy atom. The molecule has 4 rings (SSSR count). The molecule has 2 N–H and O–H groups in total. The molecular formula is C19H28N8. The topological polar surface area (TPSA) is 71.9 Å². The Hall–Kier alpha value is -2.29. The third-order valence-electron chi connectivity index (χ3n) is 5.43. The molecule has 0 unspecified atom stereocenters. The number of hydrogen-bond donors (Lipinski definition) is 2. The van der Waals surface area contributed by atoms with Gasteiger partial charge in [-0.2, -0.15) is 0 Å². The van der Waals surface area contributed by atoms with Crippen LogP contribution in [0.4, 0.5) is 5.95 Å². The molecule has 8 nitrogen and oxygen atoms in total. The lowest BCUT2D eigenvalue weighted by Gasteiger charge is -2.40. The van der Waals surface area contributed by atoms with Crippen molar-refractivity contribution in [1.29, 1.82) is 0 Å². The summed E-state index contributed by atoms with van der Waals surface area (Å²) in [5, 5.41) is 12.3. The highest BCUT2D eigenvalue weighted by Gasteiger charge is 2.22. The highest BCUT2D eigenvalue weighted by atomic mass is 15.7. The van der Waals surface area contributed by atoms with Gasteiger partial charge in [0.05, 0.1) is 17.9 Å². The van der Waals surface area contributed by atoms with Crippen molar-refractivity contribution in [3.63, 3.8) is 0 Å². The van der Waals surface area contributed by atoms with Gasteiger partial charge in [-0.1, -0.05) is 0 Å². The zero-order valence-electron chi connectivity index (χ0n) is 16.6. The van der Waals surface area contributed by atoms with E-state index in [1.807, 2.05) is 6.92 Å². The number of guanidine groups is 1. The zero-order valence-corrected chi connectivity index (χ0v) is 16.6. The van der Waals surface area contributed by atoms with Crippen LogP contribution in [-0.2, 0) is 0 Å². The maximum absolute atomic E-state index is 4.68. The van der Waals surface area contributed by atoms with Crippen molar-refractivity contribution in [3.8, 4) is 0 Å². The lowest BCUT2D eigenvalue weighted by molar-refractivity contribution is -0.0567. The molecular weight excluding hydrogens is 340 g/mol. The fourth-order valence-corrected chi connectivity index (χ4v) is 3.48. The van der Waals surface area contributed by atoms with E-state index in [-0.39, 0.29) is 0 Å². The summed E-state index contributed by atoms with van der Waals surface area (Å²) < 4.78 is 0. The quantitative estimate of drug-likeness (QED) is 0.828. The molecule has 1 fully saturated rings. The number of hydrazine groups is 1. The fourth-order valence-electron chi connectivity index (χ4n) is 3.48. The van der Waals surface area contributed by atoms with E-state index in [1.165, 1.54) is 11.1 Å². The minimum atomic E-state index is 0.586. The lowest BCUT2D eigenvalue weighted by Crippen LogP contribution is -2.58. The van der Waals surface area contributed by atoms with Crippen molar-refractivity contribution in [1.82, 2.24) is 30.2 Å².